The third kappa shape index (κ3) is 2.69. The second-order valence-corrected chi connectivity index (χ2v) is 4.98. The SMILES string of the molecule is N#Cc1cccc(CNC(=O)c2cc(C3CC3)[nH]n2)c1. The summed E-state index contributed by atoms with van der Waals surface area (Å²) in [4.78, 5) is 12.0. The van der Waals surface area contributed by atoms with Crippen LogP contribution < -0.4 is 5.32 Å². The quantitative estimate of drug-likeness (QED) is 0.889. The monoisotopic (exact) mass is 266 g/mol. The van der Waals surface area contributed by atoms with Crippen LogP contribution >= 0.6 is 0 Å². The Morgan fingerprint density at radius 1 is 1.45 bits per heavy atom. The molecule has 1 saturated carbocycles. The summed E-state index contributed by atoms with van der Waals surface area (Å²) < 4.78 is 0. The number of amides is 1. The number of benzene rings is 1. The average Bonchev–Trinajstić information content (AvgIpc) is 3.22. The second-order valence-electron chi connectivity index (χ2n) is 4.98. The Labute approximate surface area is 116 Å². The van der Waals surface area contributed by atoms with Crippen molar-refractivity contribution in [2.24, 2.45) is 0 Å². The van der Waals surface area contributed by atoms with Gasteiger partial charge in [0, 0.05) is 18.2 Å². The highest BCUT2D eigenvalue weighted by atomic mass is 16.1. The molecule has 0 unspecified atom stereocenters. The zero-order valence-electron chi connectivity index (χ0n) is 10.9. The number of carbonyl (C=O) groups is 1. The van der Waals surface area contributed by atoms with E-state index in [1.807, 2.05) is 12.1 Å². The maximum atomic E-state index is 12.0. The first kappa shape index (κ1) is 12.4. The maximum Gasteiger partial charge on any atom is 0.272 e. The van der Waals surface area contributed by atoms with E-state index >= 15 is 0 Å². The van der Waals surface area contributed by atoms with E-state index in [1.54, 1.807) is 18.2 Å². The van der Waals surface area contributed by atoms with E-state index in [0.717, 1.165) is 11.3 Å². The Kier molecular flexibility index (Phi) is 3.21. The van der Waals surface area contributed by atoms with E-state index in [4.69, 9.17) is 5.26 Å². The molecule has 0 saturated heterocycles. The van der Waals surface area contributed by atoms with Gasteiger partial charge in [0.25, 0.3) is 5.91 Å². The van der Waals surface area contributed by atoms with Gasteiger partial charge in [-0.1, -0.05) is 12.1 Å². The van der Waals surface area contributed by atoms with Crippen LogP contribution in [0.4, 0.5) is 0 Å². The van der Waals surface area contributed by atoms with Gasteiger partial charge in [0.05, 0.1) is 11.6 Å². The minimum absolute atomic E-state index is 0.199. The van der Waals surface area contributed by atoms with Gasteiger partial charge in [-0.2, -0.15) is 10.4 Å². The lowest BCUT2D eigenvalue weighted by Crippen LogP contribution is -2.23. The van der Waals surface area contributed by atoms with Crippen molar-refractivity contribution in [3.8, 4) is 6.07 Å². The number of hydrogen-bond acceptors (Lipinski definition) is 3. The standard InChI is InChI=1S/C15H14N4O/c16-8-10-2-1-3-11(6-10)9-17-15(20)14-7-13(18-19-14)12-4-5-12/h1-3,6-7,12H,4-5,9H2,(H,17,20)(H,18,19). The molecule has 1 aliphatic rings. The van der Waals surface area contributed by atoms with Gasteiger partial charge in [0.2, 0.25) is 0 Å². The Morgan fingerprint density at radius 2 is 2.30 bits per heavy atom. The lowest BCUT2D eigenvalue weighted by atomic mass is 10.1. The number of hydrogen-bond donors (Lipinski definition) is 2. The summed E-state index contributed by atoms with van der Waals surface area (Å²) in [7, 11) is 0. The van der Waals surface area contributed by atoms with E-state index < -0.39 is 0 Å². The molecular formula is C15H14N4O. The summed E-state index contributed by atoms with van der Waals surface area (Å²) in [6.07, 6.45) is 2.34. The first-order valence-corrected chi connectivity index (χ1v) is 6.59. The molecule has 1 aromatic carbocycles. The summed E-state index contributed by atoms with van der Waals surface area (Å²) in [5, 5.41) is 18.6. The zero-order chi connectivity index (χ0) is 13.9. The number of aromatic amines is 1. The molecular weight excluding hydrogens is 252 g/mol. The fourth-order valence-corrected chi connectivity index (χ4v) is 2.08. The zero-order valence-corrected chi connectivity index (χ0v) is 10.9. The lowest BCUT2D eigenvalue weighted by molar-refractivity contribution is 0.0946. The Morgan fingerprint density at radius 3 is 3.05 bits per heavy atom. The molecule has 1 heterocycles. The highest BCUT2D eigenvalue weighted by Crippen LogP contribution is 2.38. The van der Waals surface area contributed by atoms with Gasteiger partial charge in [-0.3, -0.25) is 9.89 Å². The third-order valence-corrected chi connectivity index (χ3v) is 3.36. The van der Waals surface area contributed by atoms with Crippen LogP contribution in [-0.2, 0) is 6.54 Å². The van der Waals surface area contributed by atoms with Crippen LogP contribution in [0.25, 0.3) is 0 Å². The molecule has 1 aromatic heterocycles. The molecule has 0 spiro atoms. The van der Waals surface area contributed by atoms with E-state index in [-0.39, 0.29) is 5.91 Å². The third-order valence-electron chi connectivity index (χ3n) is 3.36. The highest BCUT2D eigenvalue weighted by Gasteiger charge is 2.26. The van der Waals surface area contributed by atoms with Gasteiger partial charge in [-0.25, -0.2) is 0 Å². The summed E-state index contributed by atoms with van der Waals surface area (Å²) >= 11 is 0. The van der Waals surface area contributed by atoms with Crippen molar-refractivity contribution in [1.82, 2.24) is 15.5 Å². The van der Waals surface area contributed by atoms with Gasteiger partial charge >= 0.3 is 0 Å². The predicted molar refractivity (Wildman–Crippen MR) is 72.9 cm³/mol. The molecule has 0 bridgehead atoms. The van der Waals surface area contributed by atoms with Crippen molar-refractivity contribution in [1.29, 1.82) is 5.26 Å². The van der Waals surface area contributed by atoms with E-state index in [2.05, 4.69) is 21.6 Å². The predicted octanol–water partition coefficient (Wildman–Crippen LogP) is 2.09. The number of nitriles is 1. The number of nitrogens with zero attached hydrogens (tertiary/aromatic N) is 2. The van der Waals surface area contributed by atoms with E-state index in [9.17, 15) is 4.79 Å². The van der Waals surface area contributed by atoms with E-state index in [1.165, 1.54) is 12.8 Å². The molecule has 0 aliphatic heterocycles. The summed E-state index contributed by atoms with van der Waals surface area (Å²) in [6, 6.07) is 11.1. The largest absolute Gasteiger partial charge is 0.347 e. The molecule has 2 N–H and O–H groups in total. The van der Waals surface area contributed by atoms with Crippen LogP contribution in [0.1, 0.15) is 46.1 Å². The van der Waals surface area contributed by atoms with Gasteiger partial charge in [-0.05, 0) is 36.6 Å². The van der Waals surface area contributed by atoms with Gasteiger partial charge in [0.15, 0.2) is 0 Å². The number of rotatable bonds is 4. The van der Waals surface area contributed by atoms with Gasteiger partial charge in [-0.15, -0.1) is 0 Å². The Hall–Kier alpha value is -2.61. The normalized spacial score (nSPS) is 13.8. The van der Waals surface area contributed by atoms with Crippen LogP contribution in [0.15, 0.2) is 30.3 Å². The molecule has 3 rings (SSSR count). The molecule has 1 aliphatic carbocycles. The molecule has 1 amide bonds. The number of aromatic nitrogens is 2. The molecule has 0 atom stereocenters. The molecule has 2 aromatic rings. The van der Waals surface area contributed by atoms with Crippen LogP contribution in [0.5, 0.6) is 0 Å². The van der Waals surface area contributed by atoms with Crippen molar-refractivity contribution < 1.29 is 4.79 Å². The minimum Gasteiger partial charge on any atom is -0.347 e. The number of carbonyl (C=O) groups excluding carboxylic acids is 1. The van der Waals surface area contributed by atoms with Crippen LogP contribution in [0.3, 0.4) is 0 Å². The van der Waals surface area contributed by atoms with Gasteiger partial charge in [0.1, 0.15) is 5.69 Å². The first-order valence-electron chi connectivity index (χ1n) is 6.59. The van der Waals surface area contributed by atoms with Crippen molar-refractivity contribution in [2.75, 3.05) is 0 Å². The molecule has 1 fully saturated rings. The fraction of sp³-hybridized carbons (Fsp3) is 0.267. The minimum atomic E-state index is -0.199. The molecule has 20 heavy (non-hydrogen) atoms. The van der Waals surface area contributed by atoms with Crippen molar-refractivity contribution in [3.05, 3.63) is 52.8 Å². The summed E-state index contributed by atoms with van der Waals surface area (Å²) in [6.45, 7) is 0.389. The fourth-order valence-electron chi connectivity index (χ4n) is 2.08. The average molecular weight is 266 g/mol. The van der Waals surface area contributed by atoms with Gasteiger partial charge < -0.3 is 5.32 Å². The summed E-state index contributed by atoms with van der Waals surface area (Å²) in [5.41, 5.74) is 2.95. The van der Waals surface area contributed by atoms with Crippen molar-refractivity contribution in [2.45, 2.75) is 25.3 Å². The molecule has 5 heteroatoms. The highest BCUT2D eigenvalue weighted by molar-refractivity contribution is 5.92. The van der Waals surface area contributed by atoms with Crippen LogP contribution in [0.2, 0.25) is 0 Å². The number of nitrogens with one attached hydrogen (secondary N) is 2. The summed E-state index contributed by atoms with van der Waals surface area (Å²) in [5.74, 6) is 0.354. The topological polar surface area (TPSA) is 81.6 Å². The van der Waals surface area contributed by atoms with Crippen molar-refractivity contribution in [3.63, 3.8) is 0 Å². The molecule has 5 nitrogen and oxygen atoms in total. The number of H-pyrrole nitrogens is 1. The maximum absolute atomic E-state index is 12.0. The van der Waals surface area contributed by atoms with Crippen LogP contribution in [0, 0.1) is 11.3 Å². The first-order chi connectivity index (χ1) is 9.76. The lowest BCUT2D eigenvalue weighted by Gasteiger charge is -2.03. The van der Waals surface area contributed by atoms with E-state index in [0.29, 0.717) is 23.7 Å². The van der Waals surface area contributed by atoms with Crippen LogP contribution in [-0.4, -0.2) is 16.1 Å². The molecule has 0 radical (unpaired) electrons. The smallest absolute Gasteiger partial charge is 0.272 e. The Bertz CT molecular complexity index is 679. The second kappa shape index (κ2) is 5.17. The molecule has 100 valence electrons. The van der Waals surface area contributed by atoms with Crippen molar-refractivity contribution >= 4 is 5.91 Å². The Balaban J connectivity index is 1.62.